The smallest absolute Gasteiger partial charge is 0.411 e. The average molecular weight is 533 g/mol. The van der Waals surface area contributed by atoms with E-state index in [-0.39, 0.29) is 19.1 Å². The van der Waals surface area contributed by atoms with Gasteiger partial charge in [0.2, 0.25) is 5.91 Å². The van der Waals surface area contributed by atoms with Crippen LogP contribution in [-0.2, 0) is 20.9 Å². The van der Waals surface area contributed by atoms with Crippen molar-refractivity contribution in [3.63, 3.8) is 0 Å². The molecule has 0 saturated heterocycles. The van der Waals surface area contributed by atoms with Crippen molar-refractivity contribution < 1.29 is 24.2 Å². The molecule has 4 aromatic carbocycles. The number of amides is 2. The molecule has 0 atom stereocenters. The van der Waals surface area contributed by atoms with E-state index < -0.39 is 24.5 Å². The van der Waals surface area contributed by atoms with E-state index in [1.165, 1.54) is 11.0 Å². The van der Waals surface area contributed by atoms with Gasteiger partial charge in [-0.2, -0.15) is 0 Å². The predicted molar refractivity (Wildman–Crippen MR) is 154 cm³/mol. The van der Waals surface area contributed by atoms with Crippen molar-refractivity contribution in [2.75, 3.05) is 18.5 Å². The van der Waals surface area contributed by atoms with Crippen LogP contribution in [0.1, 0.15) is 28.2 Å². The van der Waals surface area contributed by atoms with Crippen molar-refractivity contribution >= 4 is 29.7 Å². The Hall–Kier alpha value is -5.17. The third-order valence-corrected chi connectivity index (χ3v) is 6.75. The average Bonchev–Trinajstić information content (AvgIpc) is 3.28. The first kappa shape index (κ1) is 26.4. The Morgan fingerprint density at radius 3 is 2.15 bits per heavy atom. The number of fused-ring (bicyclic) bond motifs is 3. The number of benzene rings is 4. The molecule has 0 saturated carbocycles. The van der Waals surface area contributed by atoms with Gasteiger partial charge in [-0.25, -0.2) is 4.79 Å². The van der Waals surface area contributed by atoms with Crippen LogP contribution < -0.4 is 5.32 Å². The maximum Gasteiger partial charge on any atom is 0.411 e. The largest absolute Gasteiger partial charge is 0.480 e. The Morgan fingerprint density at radius 2 is 1.48 bits per heavy atom. The minimum Gasteiger partial charge on any atom is -0.480 e. The molecule has 0 spiro atoms. The van der Waals surface area contributed by atoms with Crippen LogP contribution >= 0.6 is 0 Å². The summed E-state index contributed by atoms with van der Waals surface area (Å²) in [6.07, 6.45) is 2.35. The number of nitrogens with zero attached hydrogens (tertiary/aromatic N) is 1. The second-order valence-electron chi connectivity index (χ2n) is 9.48. The van der Waals surface area contributed by atoms with Gasteiger partial charge >= 0.3 is 12.1 Å². The molecule has 7 nitrogen and oxygen atoms in total. The Balaban J connectivity index is 1.21. The van der Waals surface area contributed by atoms with Crippen LogP contribution in [0.4, 0.5) is 10.5 Å². The van der Waals surface area contributed by atoms with E-state index in [1.54, 1.807) is 30.3 Å². The van der Waals surface area contributed by atoms with Crippen LogP contribution in [0.2, 0.25) is 0 Å². The number of ether oxygens (including phenoxy) is 1. The van der Waals surface area contributed by atoms with Crippen molar-refractivity contribution in [2.24, 2.45) is 0 Å². The number of hydrogen-bond acceptors (Lipinski definition) is 4. The summed E-state index contributed by atoms with van der Waals surface area (Å²) in [5.41, 5.74) is 6.60. The molecule has 1 aliphatic carbocycles. The zero-order valence-electron chi connectivity index (χ0n) is 21.7. The molecule has 5 rings (SSSR count). The summed E-state index contributed by atoms with van der Waals surface area (Å²) in [5, 5.41) is 12.0. The molecule has 200 valence electrons. The highest BCUT2D eigenvalue weighted by Gasteiger charge is 2.29. The number of rotatable bonds is 9. The number of anilines is 1. The summed E-state index contributed by atoms with van der Waals surface area (Å²) in [6, 6.07) is 32.5. The quantitative estimate of drug-likeness (QED) is 0.251. The molecule has 0 heterocycles. The van der Waals surface area contributed by atoms with E-state index >= 15 is 0 Å². The lowest BCUT2D eigenvalue weighted by Gasteiger charge is -2.19. The number of aliphatic carboxylic acids is 1. The van der Waals surface area contributed by atoms with E-state index in [9.17, 15) is 19.5 Å². The van der Waals surface area contributed by atoms with Crippen molar-refractivity contribution in [1.82, 2.24) is 4.90 Å². The summed E-state index contributed by atoms with van der Waals surface area (Å²) < 4.78 is 5.62. The Bertz CT molecular complexity index is 1520. The van der Waals surface area contributed by atoms with Crippen LogP contribution in [0, 0.1) is 0 Å². The molecule has 2 amide bonds. The van der Waals surface area contributed by atoms with E-state index in [1.807, 2.05) is 54.6 Å². The summed E-state index contributed by atoms with van der Waals surface area (Å²) in [7, 11) is 0. The molecule has 0 radical (unpaired) electrons. The summed E-state index contributed by atoms with van der Waals surface area (Å²) in [6.45, 7) is -0.0318. The molecular weight excluding hydrogens is 504 g/mol. The molecule has 40 heavy (non-hydrogen) atoms. The molecule has 0 aromatic heterocycles. The maximum absolute atomic E-state index is 12.8. The van der Waals surface area contributed by atoms with Crippen LogP contribution in [0.5, 0.6) is 0 Å². The second-order valence-corrected chi connectivity index (χ2v) is 9.48. The molecule has 2 N–H and O–H groups in total. The van der Waals surface area contributed by atoms with Gasteiger partial charge in [-0.3, -0.25) is 14.9 Å². The van der Waals surface area contributed by atoms with Crippen molar-refractivity contribution in [3.8, 4) is 11.1 Å². The Kier molecular flexibility index (Phi) is 8.02. The van der Waals surface area contributed by atoms with Gasteiger partial charge in [0.15, 0.2) is 0 Å². The van der Waals surface area contributed by atoms with Crippen molar-refractivity contribution in [2.45, 2.75) is 12.5 Å². The fourth-order valence-corrected chi connectivity index (χ4v) is 4.92. The number of hydrogen-bond donors (Lipinski definition) is 2. The fraction of sp³-hybridized carbons (Fsp3) is 0.121. The predicted octanol–water partition coefficient (Wildman–Crippen LogP) is 6.17. The lowest BCUT2D eigenvalue weighted by Crippen LogP contribution is -2.33. The highest BCUT2D eigenvalue weighted by molar-refractivity contribution is 5.94. The summed E-state index contributed by atoms with van der Waals surface area (Å²) in [4.78, 5) is 38.0. The minimum absolute atomic E-state index is 0.0388. The monoisotopic (exact) mass is 532 g/mol. The first-order valence-electron chi connectivity index (χ1n) is 12.9. The molecule has 7 heteroatoms. The van der Waals surface area contributed by atoms with Gasteiger partial charge in [-0.1, -0.05) is 91.0 Å². The van der Waals surface area contributed by atoms with Gasteiger partial charge in [-0.15, -0.1) is 0 Å². The topological polar surface area (TPSA) is 95.9 Å². The fourth-order valence-electron chi connectivity index (χ4n) is 4.92. The first-order chi connectivity index (χ1) is 19.5. The van der Waals surface area contributed by atoms with Crippen LogP contribution in [0.25, 0.3) is 17.2 Å². The molecular formula is C33H28N2O5. The lowest BCUT2D eigenvalue weighted by atomic mass is 9.98. The zero-order valence-corrected chi connectivity index (χ0v) is 21.7. The van der Waals surface area contributed by atoms with Gasteiger partial charge in [0.25, 0.3) is 0 Å². The Morgan fingerprint density at radius 1 is 0.825 bits per heavy atom. The van der Waals surface area contributed by atoms with E-state index in [4.69, 9.17) is 4.74 Å². The van der Waals surface area contributed by atoms with Gasteiger partial charge in [0, 0.05) is 24.2 Å². The van der Waals surface area contributed by atoms with Gasteiger partial charge < -0.3 is 14.7 Å². The highest BCUT2D eigenvalue weighted by Crippen LogP contribution is 2.44. The zero-order chi connectivity index (χ0) is 27.9. The van der Waals surface area contributed by atoms with Gasteiger partial charge in [0.1, 0.15) is 13.2 Å². The van der Waals surface area contributed by atoms with Crippen LogP contribution in [0.15, 0.2) is 109 Å². The number of carboxylic acid groups (broad SMARTS) is 1. The van der Waals surface area contributed by atoms with Gasteiger partial charge in [-0.05, 0) is 51.6 Å². The third-order valence-electron chi connectivity index (χ3n) is 6.75. The van der Waals surface area contributed by atoms with Crippen molar-refractivity contribution in [1.29, 1.82) is 0 Å². The summed E-state index contributed by atoms with van der Waals surface area (Å²) in [5.74, 6) is -1.56. The second kappa shape index (κ2) is 12.1. The van der Waals surface area contributed by atoms with Gasteiger partial charge in [0.05, 0.1) is 0 Å². The van der Waals surface area contributed by atoms with Crippen molar-refractivity contribution in [3.05, 3.63) is 131 Å². The minimum atomic E-state index is -1.09. The number of carbonyl (C=O) groups is 3. The maximum atomic E-state index is 12.8. The third kappa shape index (κ3) is 6.27. The Labute approximate surface area is 232 Å². The van der Waals surface area contributed by atoms with E-state index in [0.29, 0.717) is 11.3 Å². The van der Waals surface area contributed by atoms with Crippen LogP contribution in [-0.4, -0.2) is 41.1 Å². The first-order valence-corrected chi connectivity index (χ1v) is 12.9. The molecule has 0 unspecified atom stereocenters. The normalized spacial score (nSPS) is 12.0. The standard InChI is InChI=1S/C33H28N2O5/c36-31(35(21-32(37)38)20-24-9-2-1-3-10-24)18-17-23-11-8-12-25(19-23)34-33(39)40-22-30-28-15-6-4-13-26(28)27-14-5-7-16-29(27)30/h1-19,30H,20-22H2,(H,34,39)(H,37,38)/b18-17+. The van der Waals surface area contributed by atoms with E-state index in [2.05, 4.69) is 29.6 Å². The molecule has 0 fully saturated rings. The molecule has 1 aliphatic rings. The number of nitrogens with one attached hydrogen (secondary N) is 1. The summed E-state index contributed by atoms with van der Waals surface area (Å²) >= 11 is 0. The molecule has 0 bridgehead atoms. The number of carboxylic acids is 1. The number of carbonyl (C=O) groups excluding carboxylic acids is 2. The molecule has 0 aliphatic heterocycles. The lowest BCUT2D eigenvalue weighted by molar-refractivity contribution is -0.143. The SMILES string of the molecule is O=C(O)CN(Cc1ccccc1)C(=O)/C=C/c1cccc(NC(=O)OCC2c3ccccc3-c3ccccc32)c1. The van der Waals surface area contributed by atoms with E-state index in [0.717, 1.165) is 27.8 Å². The molecule has 4 aromatic rings. The highest BCUT2D eigenvalue weighted by atomic mass is 16.5. The van der Waals surface area contributed by atoms with Crippen LogP contribution in [0.3, 0.4) is 0 Å².